The van der Waals surface area contributed by atoms with Gasteiger partial charge in [0.15, 0.2) is 0 Å². The Morgan fingerprint density at radius 3 is 2.65 bits per heavy atom. The molecule has 2 aromatic rings. The largest absolute Gasteiger partial charge is 0.416 e. The van der Waals surface area contributed by atoms with Crippen molar-refractivity contribution < 1.29 is 22.3 Å². The second-order valence-electron chi connectivity index (χ2n) is 8.09. The van der Waals surface area contributed by atoms with E-state index in [1.807, 2.05) is 4.90 Å². The van der Waals surface area contributed by atoms with Crippen molar-refractivity contribution in [3.05, 3.63) is 53.3 Å². The maximum atomic E-state index is 13.9. The van der Waals surface area contributed by atoms with Gasteiger partial charge in [-0.25, -0.2) is 9.38 Å². The lowest BCUT2D eigenvalue weighted by Crippen LogP contribution is -2.54. The number of alkyl halides is 3. The number of amidine groups is 1. The van der Waals surface area contributed by atoms with Crippen LogP contribution in [-0.2, 0) is 10.9 Å². The maximum absolute atomic E-state index is 13.9. The fourth-order valence-corrected chi connectivity index (χ4v) is 4.73. The lowest BCUT2D eigenvalue weighted by molar-refractivity contribution is -0.137. The molecule has 2 saturated heterocycles. The second kappa shape index (κ2) is 7.49. The van der Waals surface area contributed by atoms with E-state index >= 15 is 0 Å². The first kappa shape index (κ1) is 20.3. The number of benzene rings is 2. The van der Waals surface area contributed by atoms with Crippen molar-refractivity contribution in [2.75, 3.05) is 32.1 Å². The standard InChI is InChI=1S/C22H22F4N4O/c1-31-20-7-4-15-12-29(8-9-30(15)20)21-16-10-13(22(24,25)26)2-5-17(16)27-18-6-3-14(23)11-19(18)28-21/h2-3,5-6,10-11,15,20,27H,4,7-9,12H2,1H3/t15-,20-/m0/s1. The molecule has 0 amide bonds. The molecule has 3 aliphatic rings. The number of methoxy groups -OCH3 is 1. The highest BCUT2D eigenvalue weighted by Crippen LogP contribution is 2.39. The maximum Gasteiger partial charge on any atom is 0.416 e. The number of aliphatic imine (C=N–C) groups is 1. The SMILES string of the molecule is CO[C@H]1CC[C@H]2CN(C3=Nc4cc(F)ccc4Nc4ccc(C(F)(F)F)cc43)CCN21. The number of rotatable bonds is 1. The van der Waals surface area contributed by atoms with E-state index in [1.165, 1.54) is 18.2 Å². The predicted molar refractivity (Wildman–Crippen MR) is 109 cm³/mol. The van der Waals surface area contributed by atoms with E-state index in [9.17, 15) is 17.6 Å². The fourth-order valence-electron chi connectivity index (χ4n) is 4.73. The summed E-state index contributed by atoms with van der Waals surface area (Å²) in [4.78, 5) is 8.98. The molecule has 0 saturated carbocycles. The van der Waals surface area contributed by atoms with E-state index < -0.39 is 17.6 Å². The average Bonchev–Trinajstić information content (AvgIpc) is 3.08. The van der Waals surface area contributed by atoms with Crippen LogP contribution in [-0.4, -0.2) is 54.6 Å². The summed E-state index contributed by atoms with van der Waals surface area (Å²) >= 11 is 0. The van der Waals surface area contributed by atoms with Crippen LogP contribution in [0.2, 0.25) is 0 Å². The van der Waals surface area contributed by atoms with Gasteiger partial charge < -0.3 is 15.0 Å². The van der Waals surface area contributed by atoms with Crippen LogP contribution < -0.4 is 5.32 Å². The quantitative estimate of drug-likeness (QED) is 0.659. The number of nitrogens with zero attached hydrogens (tertiary/aromatic N) is 3. The number of hydrogen-bond donors (Lipinski definition) is 1. The van der Waals surface area contributed by atoms with Crippen LogP contribution in [0.3, 0.4) is 0 Å². The van der Waals surface area contributed by atoms with Gasteiger partial charge in [0, 0.05) is 50.1 Å². The first-order valence-electron chi connectivity index (χ1n) is 10.2. The number of anilines is 2. The Bertz CT molecular complexity index is 1040. The normalized spacial score (nSPS) is 23.4. The summed E-state index contributed by atoms with van der Waals surface area (Å²) in [5, 5.41) is 3.13. The topological polar surface area (TPSA) is 40.1 Å². The van der Waals surface area contributed by atoms with Crippen LogP contribution in [0.4, 0.5) is 34.6 Å². The van der Waals surface area contributed by atoms with Crippen molar-refractivity contribution in [3.8, 4) is 0 Å². The van der Waals surface area contributed by atoms with Gasteiger partial charge in [0.25, 0.3) is 0 Å². The Labute approximate surface area is 177 Å². The Hall–Kier alpha value is -2.65. The van der Waals surface area contributed by atoms with Crippen LogP contribution in [0.5, 0.6) is 0 Å². The summed E-state index contributed by atoms with van der Waals surface area (Å²) in [6.45, 7) is 1.94. The third-order valence-electron chi connectivity index (χ3n) is 6.26. The monoisotopic (exact) mass is 434 g/mol. The third kappa shape index (κ3) is 3.65. The first-order valence-corrected chi connectivity index (χ1v) is 10.2. The molecule has 0 unspecified atom stereocenters. The number of halogens is 4. The number of fused-ring (bicyclic) bond motifs is 3. The van der Waals surface area contributed by atoms with Crippen molar-refractivity contribution in [2.45, 2.75) is 31.3 Å². The lowest BCUT2D eigenvalue weighted by atomic mass is 10.0. The fraction of sp³-hybridized carbons (Fsp3) is 0.409. The van der Waals surface area contributed by atoms with Gasteiger partial charge >= 0.3 is 6.18 Å². The summed E-state index contributed by atoms with van der Waals surface area (Å²) in [5.74, 6) is -0.0207. The van der Waals surface area contributed by atoms with E-state index in [1.54, 1.807) is 13.2 Å². The predicted octanol–water partition coefficient (Wildman–Crippen LogP) is 4.73. The molecule has 5 rings (SSSR count). The summed E-state index contributed by atoms with van der Waals surface area (Å²) < 4.78 is 59.9. The Kier molecular flexibility index (Phi) is 4.90. The van der Waals surface area contributed by atoms with Crippen LogP contribution in [0.25, 0.3) is 0 Å². The Balaban J connectivity index is 1.59. The molecule has 2 fully saturated rings. The molecule has 2 atom stereocenters. The van der Waals surface area contributed by atoms with Crippen molar-refractivity contribution in [2.24, 2.45) is 4.99 Å². The van der Waals surface area contributed by atoms with E-state index in [4.69, 9.17) is 4.74 Å². The zero-order valence-electron chi connectivity index (χ0n) is 16.9. The lowest BCUT2D eigenvalue weighted by Gasteiger charge is -2.41. The van der Waals surface area contributed by atoms with E-state index in [-0.39, 0.29) is 12.3 Å². The minimum atomic E-state index is -4.47. The molecule has 164 valence electrons. The Morgan fingerprint density at radius 2 is 1.87 bits per heavy atom. The number of piperazine rings is 1. The van der Waals surface area contributed by atoms with Crippen LogP contribution in [0, 0.1) is 5.82 Å². The molecule has 0 aliphatic carbocycles. The van der Waals surface area contributed by atoms with Crippen LogP contribution in [0.15, 0.2) is 41.4 Å². The average molecular weight is 434 g/mol. The zero-order valence-corrected chi connectivity index (χ0v) is 16.9. The molecule has 3 heterocycles. The molecule has 2 aromatic carbocycles. The minimum absolute atomic E-state index is 0.0730. The third-order valence-corrected chi connectivity index (χ3v) is 6.26. The number of hydrogen-bond acceptors (Lipinski definition) is 5. The van der Waals surface area contributed by atoms with Gasteiger partial charge in [0.1, 0.15) is 17.9 Å². The van der Waals surface area contributed by atoms with Crippen molar-refractivity contribution in [1.82, 2.24) is 9.80 Å². The van der Waals surface area contributed by atoms with E-state index in [0.717, 1.165) is 31.5 Å². The molecule has 0 radical (unpaired) electrons. The highest BCUT2D eigenvalue weighted by molar-refractivity contribution is 6.08. The van der Waals surface area contributed by atoms with Gasteiger partial charge in [-0.15, -0.1) is 0 Å². The molecule has 31 heavy (non-hydrogen) atoms. The molecule has 0 aromatic heterocycles. The van der Waals surface area contributed by atoms with Gasteiger partial charge in [-0.05, 0) is 43.2 Å². The minimum Gasteiger partial charge on any atom is -0.366 e. The van der Waals surface area contributed by atoms with Gasteiger partial charge in [-0.2, -0.15) is 13.2 Å². The van der Waals surface area contributed by atoms with Gasteiger partial charge in [0.05, 0.1) is 16.9 Å². The van der Waals surface area contributed by atoms with Crippen molar-refractivity contribution in [3.63, 3.8) is 0 Å². The molecular weight excluding hydrogens is 412 g/mol. The Morgan fingerprint density at radius 1 is 1.06 bits per heavy atom. The highest BCUT2D eigenvalue weighted by atomic mass is 19.4. The van der Waals surface area contributed by atoms with Crippen LogP contribution in [0.1, 0.15) is 24.0 Å². The van der Waals surface area contributed by atoms with Gasteiger partial charge in [-0.3, -0.25) is 4.90 Å². The summed E-state index contributed by atoms with van der Waals surface area (Å²) in [6, 6.07) is 7.98. The zero-order chi connectivity index (χ0) is 21.8. The van der Waals surface area contributed by atoms with E-state index in [0.29, 0.717) is 41.6 Å². The number of nitrogens with one attached hydrogen (secondary N) is 1. The molecule has 0 spiro atoms. The molecular formula is C22H22F4N4O. The number of ether oxygens (including phenoxy) is 1. The highest BCUT2D eigenvalue weighted by Gasteiger charge is 2.39. The smallest absolute Gasteiger partial charge is 0.366 e. The van der Waals surface area contributed by atoms with Crippen LogP contribution >= 0.6 is 0 Å². The van der Waals surface area contributed by atoms with Crippen molar-refractivity contribution in [1.29, 1.82) is 0 Å². The van der Waals surface area contributed by atoms with Gasteiger partial charge in [0.2, 0.25) is 0 Å². The summed E-state index contributed by atoms with van der Waals surface area (Å²) in [6.07, 6.45) is -2.53. The molecule has 0 bridgehead atoms. The molecule has 9 heteroatoms. The second-order valence-corrected chi connectivity index (χ2v) is 8.09. The summed E-state index contributed by atoms with van der Waals surface area (Å²) in [7, 11) is 1.70. The van der Waals surface area contributed by atoms with Gasteiger partial charge in [-0.1, -0.05) is 0 Å². The van der Waals surface area contributed by atoms with E-state index in [2.05, 4.69) is 15.2 Å². The first-order chi connectivity index (χ1) is 14.8. The summed E-state index contributed by atoms with van der Waals surface area (Å²) in [5.41, 5.74) is 1.05. The molecule has 5 nitrogen and oxygen atoms in total. The molecule has 1 N–H and O–H groups in total. The molecule has 3 aliphatic heterocycles. The van der Waals surface area contributed by atoms with Crippen molar-refractivity contribution >= 4 is 22.9 Å².